The van der Waals surface area contributed by atoms with E-state index in [9.17, 15) is 0 Å². The highest BCUT2D eigenvalue weighted by atomic mass is 14.6. The van der Waals surface area contributed by atoms with Crippen LogP contribution >= 0.6 is 0 Å². The molecule has 0 aliphatic carbocycles. The lowest BCUT2D eigenvalue weighted by molar-refractivity contribution is 1.14. The molecule has 1 aromatic carbocycles. The molecular weight excluding hydrogens is 184 g/mol. The molecule has 0 aliphatic heterocycles. The highest BCUT2D eigenvalue weighted by molar-refractivity contribution is 5.73. The Balaban J connectivity index is 3.41. The second kappa shape index (κ2) is 4.65. The van der Waals surface area contributed by atoms with Crippen LogP contribution in [0.2, 0.25) is 0 Å². The van der Waals surface area contributed by atoms with Crippen LogP contribution in [0.3, 0.4) is 0 Å². The van der Waals surface area contributed by atoms with Crippen LogP contribution in [0.4, 0.5) is 0 Å². The predicted octanol–water partition coefficient (Wildman–Crippen LogP) is 2.91. The summed E-state index contributed by atoms with van der Waals surface area (Å²) in [5.41, 5.74) is 10.5. The van der Waals surface area contributed by atoms with Gasteiger partial charge >= 0.3 is 0 Å². The van der Waals surface area contributed by atoms with Gasteiger partial charge in [0.05, 0.1) is 17.3 Å². The van der Waals surface area contributed by atoms with Gasteiger partial charge in [-0.2, -0.15) is 5.26 Å². The predicted molar refractivity (Wildman–Crippen MR) is 62.9 cm³/mol. The van der Waals surface area contributed by atoms with Gasteiger partial charge in [0.2, 0.25) is 0 Å². The summed E-state index contributed by atoms with van der Waals surface area (Å²) in [5, 5.41) is 8.95. The monoisotopic (exact) mass is 200 g/mol. The van der Waals surface area contributed by atoms with Crippen LogP contribution < -0.4 is 5.73 Å². The first-order valence-corrected chi connectivity index (χ1v) is 5.07. The summed E-state index contributed by atoms with van der Waals surface area (Å²) in [7, 11) is 0. The van der Waals surface area contributed by atoms with Crippen molar-refractivity contribution in [3.63, 3.8) is 0 Å². The van der Waals surface area contributed by atoms with Gasteiger partial charge < -0.3 is 5.73 Å². The van der Waals surface area contributed by atoms with Crippen molar-refractivity contribution in [1.82, 2.24) is 0 Å². The zero-order valence-corrected chi connectivity index (χ0v) is 9.46. The van der Waals surface area contributed by atoms with E-state index >= 15 is 0 Å². The second-order valence-corrected chi connectivity index (χ2v) is 3.62. The number of allylic oxidation sites excluding steroid dienone is 1. The van der Waals surface area contributed by atoms with Gasteiger partial charge in [0.15, 0.2) is 0 Å². The summed E-state index contributed by atoms with van der Waals surface area (Å²) in [4.78, 5) is 0. The zero-order chi connectivity index (χ0) is 11.4. The molecule has 2 heteroatoms. The number of nitrogens with zero attached hydrogens (tertiary/aromatic N) is 1. The molecule has 0 heterocycles. The van der Waals surface area contributed by atoms with E-state index in [1.807, 2.05) is 39.0 Å². The summed E-state index contributed by atoms with van der Waals surface area (Å²) in [5.74, 6) is 0. The van der Waals surface area contributed by atoms with Gasteiger partial charge in [-0.3, -0.25) is 0 Å². The molecule has 0 spiro atoms. The lowest BCUT2D eigenvalue weighted by Crippen LogP contribution is -2.04. The van der Waals surface area contributed by atoms with Crippen molar-refractivity contribution in [2.24, 2.45) is 5.73 Å². The van der Waals surface area contributed by atoms with Crippen molar-refractivity contribution < 1.29 is 0 Å². The van der Waals surface area contributed by atoms with Crippen molar-refractivity contribution in [2.75, 3.05) is 0 Å². The molecule has 0 atom stereocenters. The normalized spacial score (nSPS) is 11.9. The second-order valence-electron chi connectivity index (χ2n) is 3.62. The molecule has 15 heavy (non-hydrogen) atoms. The lowest BCUT2D eigenvalue weighted by atomic mass is 9.97. The summed E-state index contributed by atoms with van der Waals surface area (Å²) in [6.07, 6.45) is 0.677. The third-order valence-electron chi connectivity index (χ3n) is 2.56. The third kappa shape index (κ3) is 2.19. The average molecular weight is 200 g/mol. The molecule has 0 aromatic heterocycles. The van der Waals surface area contributed by atoms with E-state index in [0.717, 1.165) is 16.7 Å². The number of hydrogen-bond donors (Lipinski definition) is 1. The van der Waals surface area contributed by atoms with E-state index in [-0.39, 0.29) is 0 Å². The Morgan fingerprint density at radius 1 is 1.33 bits per heavy atom. The van der Waals surface area contributed by atoms with Gasteiger partial charge in [-0.25, -0.2) is 0 Å². The van der Waals surface area contributed by atoms with E-state index < -0.39 is 0 Å². The number of rotatable bonds is 2. The Morgan fingerprint density at radius 2 is 1.87 bits per heavy atom. The number of nitrogens with two attached hydrogens (primary N) is 1. The Morgan fingerprint density at radius 3 is 2.27 bits per heavy atom. The van der Waals surface area contributed by atoms with E-state index in [0.29, 0.717) is 17.7 Å². The molecule has 0 bridgehead atoms. The SMILES string of the molecule is CC/C(C#N)=C(/N)c1c(C)cccc1C. The molecule has 1 rings (SSSR count). The molecule has 78 valence electrons. The molecule has 0 unspecified atom stereocenters. The van der Waals surface area contributed by atoms with E-state index in [1.54, 1.807) is 0 Å². The Hall–Kier alpha value is -1.75. The minimum absolute atomic E-state index is 0.621. The molecule has 2 nitrogen and oxygen atoms in total. The fraction of sp³-hybridized carbons (Fsp3) is 0.308. The lowest BCUT2D eigenvalue weighted by Gasteiger charge is -2.11. The Kier molecular flexibility index (Phi) is 3.51. The highest BCUT2D eigenvalue weighted by Crippen LogP contribution is 2.22. The van der Waals surface area contributed by atoms with Crippen LogP contribution in [-0.2, 0) is 0 Å². The van der Waals surface area contributed by atoms with Crippen LogP contribution in [0.15, 0.2) is 23.8 Å². The molecule has 1 aromatic rings. The van der Waals surface area contributed by atoms with Crippen molar-refractivity contribution >= 4 is 5.70 Å². The maximum atomic E-state index is 8.95. The summed E-state index contributed by atoms with van der Waals surface area (Å²) < 4.78 is 0. The summed E-state index contributed by atoms with van der Waals surface area (Å²) >= 11 is 0. The third-order valence-corrected chi connectivity index (χ3v) is 2.56. The van der Waals surface area contributed by atoms with E-state index in [1.165, 1.54) is 0 Å². The Labute approximate surface area is 91.0 Å². The van der Waals surface area contributed by atoms with Gasteiger partial charge in [0.25, 0.3) is 0 Å². The van der Waals surface area contributed by atoms with E-state index in [4.69, 9.17) is 11.0 Å². The quantitative estimate of drug-likeness (QED) is 0.746. The van der Waals surface area contributed by atoms with Gasteiger partial charge in [0, 0.05) is 5.56 Å². The van der Waals surface area contributed by atoms with Crippen LogP contribution in [-0.4, -0.2) is 0 Å². The van der Waals surface area contributed by atoms with Crippen molar-refractivity contribution in [1.29, 1.82) is 5.26 Å². The zero-order valence-electron chi connectivity index (χ0n) is 9.46. The largest absolute Gasteiger partial charge is 0.397 e. The summed E-state index contributed by atoms with van der Waals surface area (Å²) in [6.45, 7) is 5.97. The van der Waals surface area contributed by atoms with Crippen LogP contribution in [0, 0.1) is 25.2 Å². The van der Waals surface area contributed by atoms with Gasteiger partial charge in [-0.05, 0) is 31.4 Å². The number of aryl methyl sites for hydroxylation is 2. The topological polar surface area (TPSA) is 49.8 Å². The minimum atomic E-state index is 0.621. The molecule has 0 fully saturated rings. The molecule has 0 aliphatic rings. The Bertz CT molecular complexity index is 416. The minimum Gasteiger partial charge on any atom is -0.397 e. The van der Waals surface area contributed by atoms with Gasteiger partial charge in [-0.1, -0.05) is 25.1 Å². The van der Waals surface area contributed by atoms with E-state index in [2.05, 4.69) is 6.07 Å². The first kappa shape index (κ1) is 11.3. The van der Waals surface area contributed by atoms with Crippen molar-refractivity contribution in [3.8, 4) is 6.07 Å². The fourth-order valence-corrected chi connectivity index (χ4v) is 1.72. The number of hydrogen-bond acceptors (Lipinski definition) is 2. The smallest absolute Gasteiger partial charge is 0.0968 e. The summed E-state index contributed by atoms with van der Waals surface area (Å²) in [6, 6.07) is 8.19. The average Bonchev–Trinajstić information content (AvgIpc) is 2.19. The molecule has 0 saturated carbocycles. The number of benzene rings is 1. The van der Waals surface area contributed by atoms with Crippen LogP contribution in [0.1, 0.15) is 30.0 Å². The molecular formula is C13H16N2. The molecule has 0 radical (unpaired) electrons. The molecule has 2 N–H and O–H groups in total. The highest BCUT2D eigenvalue weighted by Gasteiger charge is 2.08. The maximum absolute atomic E-state index is 8.95. The fourth-order valence-electron chi connectivity index (χ4n) is 1.72. The van der Waals surface area contributed by atoms with Gasteiger partial charge in [-0.15, -0.1) is 0 Å². The maximum Gasteiger partial charge on any atom is 0.0968 e. The van der Waals surface area contributed by atoms with Gasteiger partial charge in [0.1, 0.15) is 0 Å². The molecule has 0 amide bonds. The van der Waals surface area contributed by atoms with Crippen LogP contribution in [0.25, 0.3) is 5.70 Å². The van der Waals surface area contributed by atoms with Crippen molar-refractivity contribution in [2.45, 2.75) is 27.2 Å². The molecule has 0 saturated heterocycles. The standard InChI is InChI=1S/C13H16N2/c1-4-11(8-14)13(15)12-9(2)6-5-7-10(12)3/h5-7H,4,15H2,1-3H3/b13-11-. The first-order chi connectivity index (χ1) is 7.11. The van der Waals surface area contributed by atoms with Crippen molar-refractivity contribution in [3.05, 3.63) is 40.5 Å². The first-order valence-electron chi connectivity index (χ1n) is 5.07. The number of nitriles is 1. The van der Waals surface area contributed by atoms with Crippen LogP contribution in [0.5, 0.6) is 0 Å².